The predicted octanol–water partition coefficient (Wildman–Crippen LogP) is 3.48. The summed E-state index contributed by atoms with van der Waals surface area (Å²) < 4.78 is 1.97. The normalized spacial score (nSPS) is 15.9. The van der Waals surface area contributed by atoms with Crippen LogP contribution in [0.2, 0.25) is 0 Å². The molecular weight excluding hydrogens is 414 g/mol. The van der Waals surface area contributed by atoms with Crippen molar-refractivity contribution in [2.24, 2.45) is 0 Å². The molecule has 33 heavy (non-hydrogen) atoms. The van der Waals surface area contributed by atoms with E-state index in [9.17, 15) is 9.59 Å². The lowest BCUT2D eigenvalue weighted by atomic mass is 9.99. The summed E-state index contributed by atoms with van der Waals surface area (Å²) in [7, 11) is 0. The van der Waals surface area contributed by atoms with Gasteiger partial charge in [0.25, 0.3) is 5.91 Å². The minimum Gasteiger partial charge on any atom is -0.335 e. The van der Waals surface area contributed by atoms with Gasteiger partial charge in [0.2, 0.25) is 0 Å². The zero-order valence-electron chi connectivity index (χ0n) is 18.7. The fourth-order valence-corrected chi connectivity index (χ4v) is 4.75. The number of carbonyl (C=O) groups excluding carboxylic acids is 2. The van der Waals surface area contributed by atoms with Crippen LogP contribution >= 0.6 is 0 Å². The molecule has 0 saturated carbocycles. The third-order valence-electron chi connectivity index (χ3n) is 6.60. The van der Waals surface area contributed by atoms with E-state index in [1.54, 1.807) is 11.1 Å². The maximum absolute atomic E-state index is 13.1. The van der Waals surface area contributed by atoms with Crippen LogP contribution in [0.3, 0.4) is 0 Å². The molecule has 1 aromatic heterocycles. The van der Waals surface area contributed by atoms with Crippen molar-refractivity contribution < 1.29 is 9.59 Å². The molecule has 0 spiro atoms. The van der Waals surface area contributed by atoms with Gasteiger partial charge in [-0.3, -0.25) is 9.48 Å². The second-order valence-electron chi connectivity index (χ2n) is 8.67. The fourth-order valence-electron chi connectivity index (χ4n) is 4.75. The van der Waals surface area contributed by atoms with Crippen LogP contribution in [0.1, 0.15) is 46.1 Å². The third kappa shape index (κ3) is 4.49. The molecule has 170 valence electrons. The van der Waals surface area contributed by atoms with Gasteiger partial charge in [-0.15, -0.1) is 0 Å². The molecular formula is C26H29N5O2. The largest absolute Gasteiger partial charge is 0.335 e. The van der Waals surface area contributed by atoms with Crippen LogP contribution in [-0.4, -0.2) is 57.7 Å². The van der Waals surface area contributed by atoms with Crippen molar-refractivity contribution in [1.29, 1.82) is 0 Å². The molecule has 5 rings (SSSR count). The summed E-state index contributed by atoms with van der Waals surface area (Å²) in [5.74, 6) is 0.0321. The number of urea groups is 1. The van der Waals surface area contributed by atoms with E-state index in [0.717, 1.165) is 48.2 Å². The van der Waals surface area contributed by atoms with Crippen LogP contribution in [0.15, 0.2) is 66.9 Å². The van der Waals surface area contributed by atoms with Crippen LogP contribution in [0.25, 0.3) is 0 Å². The zero-order chi connectivity index (χ0) is 22.6. The second kappa shape index (κ2) is 9.48. The summed E-state index contributed by atoms with van der Waals surface area (Å²) >= 11 is 0. The lowest BCUT2D eigenvalue weighted by molar-refractivity contribution is 0.0662. The molecule has 0 aliphatic carbocycles. The molecule has 2 aromatic carbocycles. The number of amides is 3. The average molecular weight is 444 g/mol. The molecule has 1 N–H and O–H groups in total. The van der Waals surface area contributed by atoms with Crippen LogP contribution in [0.4, 0.5) is 4.79 Å². The quantitative estimate of drug-likeness (QED) is 0.671. The van der Waals surface area contributed by atoms with Crippen LogP contribution in [0, 0.1) is 0 Å². The summed E-state index contributed by atoms with van der Waals surface area (Å²) in [5, 5.41) is 7.60. The lowest BCUT2D eigenvalue weighted by Gasteiger charge is -2.35. The SMILES string of the molecule is O=C(NC(c1ccccc1)c1ccccc1)N1CCN(C(=O)c2cnn3c2CCCC3)CC1. The Bertz CT molecular complexity index is 1060. The standard InChI is InChI=1S/C26H29N5O2/c32-25(22-19-27-31-14-8-7-13-23(22)31)29-15-17-30(18-16-29)26(33)28-24(20-9-3-1-4-10-20)21-11-5-2-6-12-21/h1-6,9-12,19,24H,7-8,13-18H2,(H,28,33). The molecule has 3 amide bonds. The van der Waals surface area contributed by atoms with E-state index in [2.05, 4.69) is 10.4 Å². The Hall–Kier alpha value is -3.61. The zero-order valence-corrected chi connectivity index (χ0v) is 18.7. The van der Waals surface area contributed by atoms with Crippen molar-refractivity contribution >= 4 is 11.9 Å². The van der Waals surface area contributed by atoms with E-state index in [0.29, 0.717) is 26.2 Å². The van der Waals surface area contributed by atoms with Crippen molar-refractivity contribution in [2.75, 3.05) is 26.2 Å². The first-order valence-corrected chi connectivity index (χ1v) is 11.7. The number of rotatable bonds is 4. The number of hydrogen-bond donors (Lipinski definition) is 1. The Labute approximate surface area is 194 Å². The highest BCUT2D eigenvalue weighted by Gasteiger charge is 2.29. The first-order chi connectivity index (χ1) is 16.2. The lowest BCUT2D eigenvalue weighted by Crippen LogP contribution is -2.53. The van der Waals surface area contributed by atoms with Gasteiger partial charge in [0.05, 0.1) is 23.5 Å². The molecule has 0 bridgehead atoms. The molecule has 3 heterocycles. The summed E-state index contributed by atoms with van der Waals surface area (Å²) in [6.45, 7) is 2.96. The highest BCUT2D eigenvalue weighted by molar-refractivity contribution is 5.95. The Morgan fingerprint density at radius 1 is 0.788 bits per heavy atom. The van der Waals surface area contributed by atoms with E-state index in [1.165, 1.54) is 0 Å². The van der Waals surface area contributed by atoms with Gasteiger partial charge in [-0.25, -0.2) is 4.79 Å². The molecule has 0 radical (unpaired) electrons. The maximum atomic E-state index is 13.1. The van der Waals surface area contributed by atoms with E-state index < -0.39 is 0 Å². The van der Waals surface area contributed by atoms with Crippen molar-refractivity contribution in [1.82, 2.24) is 24.9 Å². The first kappa shape index (κ1) is 21.2. The van der Waals surface area contributed by atoms with Gasteiger partial charge >= 0.3 is 6.03 Å². The minimum absolute atomic E-state index is 0.0321. The monoisotopic (exact) mass is 443 g/mol. The van der Waals surface area contributed by atoms with E-state index in [-0.39, 0.29) is 18.0 Å². The highest BCUT2D eigenvalue weighted by atomic mass is 16.2. The van der Waals surface area contributed by atoms with Gasteiger partial charge in [-0.1, -0.05) is 60.7 Å². The van der Waals surface area contributed by atoms with E-state index in [4.69, 9.17) is 0 Å². The van der Waals surface area contributed by atoms with Crippen molar-refractivity contribution in [3.8, 4) is 0 Å². The number of carbonyl (C=O) groups is 2. The Morgan fingerprint density at radius 3 is 2.03 bits per heavy atom. The molecule has 3 aromatic rings. The number of hydrogen-bond acceptors (Lipinski definition) is 3. The maximum Gasteiger partial charge on any atom is 0.318 e. The third-order valence-corrected chi connectivity index (χ3v) is 6.60. The molecule has 2 aliphatic rings. The highest BCUT2D eigenvalue weighted by Crippen LogP contribution is 2.23. The summed E-state index contributed by atoms with van der Waals surface area (Å²) in [6.07, 6.45) is 4.84. The van der Waals surface area contributed by atoms with Crippen LogP contribution in [0.5, 0.6) is 0 Å². The molecule has 1 saturated heterocycles. The number of aromatic nitrogens is 2. The van der Waals surface area contributed by atoms with Gasteiger partial charge in [0.15, 0.2) is 0 Å². The number of piperazine rings is 1. The predicted molar refractivity (Wildman–Crippen MR) is 126 cm³/mol. The van der Waals surface area contributed by atoms with Crippen molar-refractivity contribution in [3.63, 3.8) is 0 Å². The molecule has 1 fully saturated rings. The van der Waals surface area contributed by atoms with Crippen molar-refractivity contribution in [2.45, 2.75) is 31.8 Å². The van der Waals surface area contributed by atoms with Gasteiger partial charge in [0, 0.05) is 32.7 Å². The van der Waals surface area contributed by atoms with Crippen LogP contribution < -0.4 is 5.32 Å². The van der Waals surface area contributed by atoms with Gasteiger partial charge in [-0.2, -0.15) is 5.10 Å². The second-order valence-corrected chi connectivity index (χ2v) is 8.67. The van der Waals surface area contributed by atoms with Crippen molar-refractivity contribution in [3.05, 3.63) is 89.2 Å². The number of benzene rings is 2. The Kier molecular flexibility index (Phi) is 6.11. The molecule has 0 unspecified atom stereocenters. The Morgan fingerprint density at radius 2 is 1.39 bits per heavy atom. The smallest absolute Gasteiger partial charge is 0.318 e. The fraction of sp³-hybridized carbons (Fsp3) is 0.346. The molecule has 7 heteroatoms. The van der Waals surface area contributed by atoms with Gasteiger partial charge in [0.1, 0.15) is 0 Å². The number of nitrogens with zero attached hydrogens (tertiary/aromatic N) is 4. The van der Waals surface area contributed by atoms with Crippen LogP contribution in [-0.2, 0) is 13.0 Å². The van der Waals surface area contributed by atoms with E-state index >= 15 is 0 Å². The number of aryl methyl sites for hydroxylation is 1. The van der Waals surface area contributed by atoms with Gasteiger partial charge in [-0.05, 0) is 30.4 Å². The summed E-state index contributed by atoms with van der Waals surface area (Å²) in [5.41, 5.74) is 3.86. The molecule has 7 nitrogen and oxygen atoms in total. The minimum atomic E-state index is -0.224. The number of nitrogens with one attached hydrogen (secondary N) is 1. The number of fused-ring (bicyclic) bond motifs is 1. The molecule has 0 atom stereocenters. The Balaban J connectivity index is 1.24. The first-order valence-electron chi connectivity index (χ1n) is 11.7. The topological polar surface area (TPSA) is 70.5 Å². The summed E-state index contributed by atoms with van der Waals surface area (Å²) in [4.78, 5) is 29.9. The van der Waals surface area contributed by atoms with E-state index in [1.807, 2.05) is 70.2 Å². The summed E-state index contributed by atoms with van der Waals surface area (Å²) in [6, 6.07) is 19.7. The molecule has 2 aliphatic heterocycles. The average Bonchev–Trinajstić information content (AvgIpc) is 3.32. The van der Waals surface area contributed by atoms with Gasteiger partial charge < -0.3 is 15.1 Å².